The summed E-state index contributed by atoms with van der Waals surface area (Å²) >= 11 is 1.75. The Morgan fingerprint density at radius 3 is 3.00 bits per heavy atom. The quantitative estimate of drug-likeness (QED) is 0.646. The van der Waals surface area contributed by atoms with Crippen LogP contribution in [0.25, 0.3) is 0 Å². The zero-order valence-electron chi connectivity index (χ0n) is 8.27. The van der Waals surface area contributed by atoms with Gasteiger partial charge in [-0.2, -0.15) is 0 Å². The zero-order valence-corrected chi connectivity index (χ0v) is 10.4. The maximum absolute atomic E-state index is 11.6. The summed E-state index contributed by atoms with van der Waals surface area (Å²) < 4.78 is 7.72. The van der Waals surface area contributed by atoms with Crippen LogP contribution >= 0.6 is 22.9 Å². The smallest absolute Gasteiger partial charge is 0.265 e. The van der Waals surface area contributed by atoms with Crippen molar-refractivity contribution in [3.8, 4) is 5.75 Å². The largest absolute Gasteiger partial charge is 0.482 e. The summed E-state index contributed by atoms with van der Waals surface area (Å²) in [6.07, 6.45) is 0. The van der Waals surface area contributed by atoms with Gasteiger partial charge < -0.3 is 4.74 Å². The molecule has 1 aliphatic rings. The summed E-state index contributed by atoms with van der Waals surface area (Å²) in [5, 5.41) is 0. The number of carbonyl (C=O) groups excluding carboxylic acids is 2. The second-order valence-electron chi connectivity index (χ2n) is 3.25. The predicted octanol–water partition coefficient (Wildman–Crippen LogP) is 0.878. The standard InChI is InChI=1S/C10H9IN2O3/c11-12-9(14)5-13-7-3-1-2-4-8(7)16-6-10(13)15/h1-4H,5-6H2,(H,12,14). The second-order valence-corrected chi connectivity index (χ2v) is 3.79. The predicted molar refractivity (Wildman–Crippen MR) is 66.5 cm³/mol. The van der Waals surface area contributed by atoms with Gasteiger partial charge in [-0.1, -0.05) is 12.1 Å². The third kappa shape index (κ3) is 2.11. The van der Waals surface area contributed by atoms with Crippen LogP contribution in [0.4, 0.5) is 5.69 Å². The third-order valence-corrected chi connectivity index (χ3v) is 2.82. The molecule has 0 saturated carbocycles. The van der Waals surface area contributed by atoms with Gasteiger partial charge in [-0.05, 0) is 12.1 Å². The maximum atomic E-state index is 11.6. The van der Waals surface area contributed by atoms with Gasteiger partial charge in [0.2, 0.25) is 5.91 Å². The molecule has 1 heterocycles. The van der Waals surface area contributed by atoms with E-state index in [2.05, 4.69) is 3.53 Å². The Kier molecular flexibility index (Phi) is 3.28. The summed E-state index contributed by atoms with van der Waals surface area (Å²) in [6, 6.07) is 7.16. The fourth-order valence-corrected chi connectivity index (χ4v) is 1.67. The first-order valence-electron chi connectivity index (χ1n) is 4.64. The highest BCUT2D eigenvalue weighted by Crippen LogP contribution is 2.30. The van der Waals surface area contributed by atoms with E-state index >= 15 is 0 Å². The summed E-state index contributed by atoms with van der Waals surface area (Å²) in [6.45, 7) is -0.00626. The third-order valence-electron chi connectivity index (χ3n) is 2.22. The lowest BCUT2D eigenvalue weighted by Crippen LogP contribution is -2.43. The van der Waals surface area contributed by atoms with Crippen molar-refractivity contribution in [3.05, 3.63) is 24.3 Å². The maximum Gasteiger partial charge on any atom is 0.265 e. The molecule has 2 rings (SSSR count). The summed E-state index contributed by atoms with van der Waals surface area (Å²) in [4.78, 5) is 24.3. The number of para-hydroxylation sites is 2. The lowest BCUT2D eigenvalue weighted by atomic mass is 10.2. The molecule has 0 aromatic heterocycles. The molecule has 0 unspecified atom stereocenters. The molecule has 0 radical (unpaired) electrons. The van der Waals surface area contributed by atoms with Gasteiger partial charge in [0.1, 0.15) is 12.3 Å². The number of hydrogen-bond acceptors (Lipinski definition) is 3. The first kappa shape index (κ1) is 11.2. The number of benzene rings is 1. The monoisotopic (exact) mass is 332 g/mol. The Labute approximate surface area is 106 Å². The van der Waals surface area contributed by atoms with Crippen LogP contribution in [0.15, 0.2) is 24.3 Å². The molecule has 1 aromatic carbocycles. The minimum Gasteiger partial charge on any atom is -0.482 e. The van der Waals surface area contributed by atoms with Crippen LogP contribution in [-0.4, -0.2) is 25.0 Å². The molecule has 0 bridgehead atoms. The topological polar surface area (TPSA) is 58.6 Å². The van der Waals surface area contributed by atoms with E-state index in [0.29, 0.717) is 11.4 Å². The van der Waals surface area contributed by atoms with Gasteiger partial charge in [0.25, 0.3) is 5.91 Å². The molecular weight excluding hydrogens is 323 g/mol. The number of anilines is 1. The van der Waals surface area contributed by atoms with E-state index in [9.17, 15) is 9.59 Å². The Hall–Kier alpha value is -1.31. The Bertz CT molecular complexity index is 436. The number of amides is 2. The summed E-state index contributed by atoms with van der Waals surface area (Å²) in [7, 11) is 0. The van der Waals surface area contributed by atoms with Crippen LogP contribution in [0, 0.1) is 0 Å². The number of halogens is 1. The average molecular weight is 332 g/mol. The molecular formula is C10H9IN2O3. The minimum atomic E-state index is -0.217. The van der Waals surface area contributed by atoms with Crippen LogP contribution in [-0.2, 0) is 9.59 Å². The molecule has 5 nitrogen and oxygen atoms in total. The van der Waals surface area contributed by atoms with Crippen molar-refractivity contribution in [3.63, 3.8) is 0 Å². The van der Waals surface area contributed by atoms with Gasteiger partial charge >= 0.3 is 0 Å². The number of nitrogens with one attached hydrogen (secondary N) is 1. The van der Waals surface area contributed by atoms with E-state index in [1.807, 2.05) is 6.07 Å². The lowest BCUT2D eigenvalue weighted by Gasteiger charge is -2.28. The number of carbonyl (C=O) groups is 2. The van der Waals surface area contributed by atoms with Crippen molar-refractivity contribution in [1.29, 1.82) is 0 Å². The second kappa shape index (κ2) is 4.69. The van der Waals surface area contributed by atoms with Crippen molar-refractivity contribution < 1.29 is 14.3 Å². The number of rotatable bonds is 2. The normalized spacial score (nSPS) is 14.1. The molecule has 0 aliphatic carbocycles. The zero-order chi connectivity index (χ0) is 11.5. The fourth-order valence-electron chi connectivity index (χ4n) is 1.50. The van der Waals surface area contributed by atoms with Gasteiger partial charge in [-0.15, -0.1) is 0 Å². The van der Waals surface area contributed by atoms with E-state index in [-0.39, 0.29) is 25.0 Å². The number of ether oxygens (including phenoxy) is 1. The molecule has 6 heteroatoms. The van der Waals surface area contributed by atoms with Gasteiger partial charge in [-0.3, -0.25) is 18.0 Å². The number of nitrogens with zero attached hydrogens (tertiary/aromatic N) is 1. The van der Waals surface area contributed by atoms with E-state index < -0.39 is 0 Å². The SMILES string of the molecule is O=C(CN1C(=O)COc2ccccc21)NI. The van der Waals surface area contributed by atoms with Crippen molar-refractivity contribution in [2.24, 2.45) is 0 Å². The molecule has 84 valence electrons. The van der Waals surface area contributed by atoms with Crippen LogP contribution in [0.1, 0.15) is 0 Å². The van der Waals surface area contributed by atoms with Crippen molar-refractivity contribution in [2.45, 2.75) is 0 Å². The van der Waals surface area contributed by atoms with Crippen LogP contribution in [0.3, 0.4) is 0 Å². The molecule has 2 amide bonds. The molecule has 0 fully saturated rings. The van der Waals surface area contributed by atoms with Crippen molar-refractivity contribution in [1.82, 2.24) is 3.53 Å². The van der Waals surface area contributed by atoms with E-state index in [4.69, 9.17) is 4.74 Å². The van der Waals surface area contributed by atoms with Gasteiger partial charge in [0.05, 0.1) is 28.6 Å². The first-order valence-corrected chi connectivity index (χ1v) is 5.72. The van der Waals surface area contributed by atoms with E-state index in [0.717, 1.165) is 0 Å². The highest BCUT2D eigenvalue weighted by Gasteiger charge is 2.26. The minimum absolute atomic E-state index is 0.0160. The first-order chi connectivity index (χ1) is 7.72. The number of hydrogen-bond donors (Lipinski definition) is 1. The van der Waals surface area contributed by atoms with Gasteiger partial charge in [0.15, 0.2) is 6.61 Å². The van der Waals surface area contributed by atoms with E-state index in [1.54, 1.807) is 41.1 Å². The van der Waals surface area contributed by atoms with Gasteiger partial charge in [-0.25, -0.2) is 0 Å². The Morgan fingerprint density at radius 1 is 1.50 bits per heavy atom. The van der Waals surface area contributed by atoms with Crippen LogP contribution in [0.5, 0.6) is 5.75 Å². The lowest BCUT2D eigenvalue weighted by molar-refractivity contribution is -0.124. The molecule has 0 saturated heterocycles. The summed E-state index contributed by atoms with van der Waals surface area (Å²) in [5.41, 5.74) is 0.638. The molecule has 1 aliphatic heterocycles. The highest BCUT2D eigenvalue weighted by molar-refractivity contribution is 14.1. The number of fused-ring (bicyclic) bond motifs is 1. The van der Waals surface area contributed by atoms with Gasteiger partial charge in [0, 0.05) is 0 Å². The fraction of sp³-hybridized carbons (Fsp3) is 0.200. The molecule has 16 heavy (non-hydrogen) atoms. The van der Waals surface area contributed by atoms with Crippen molar-refractivity contribution in [2.75, 3.05) is 18.1 Å². The molecule has 1 aromatic rings. The highest BCUT2D eigenvalue weighted by atomic mass is 127. The summed E-state index contributed by atoms with van der Waals surface area (Å²) in [5.74, 6) is 0.202. The Balaban J connectivity index is 2.29. The van der Waals surface area contributed by atoms with Crippen LogP contribution in [0.2, 0.25) is 0 Å². The molecule has 0 atom stereocenters. The molecule has 0 spiro atoms. The van der Waals surface area contributed by atoms with E-state index in [1.165, 1.54) is 4.90 Å². The van der Waals surface area contributed by atoms with Crippen LogP contribution < -0.4 is 13.2 Å². The molecule has 1 N–H and O–H groups in total. The van der Waals surface area contributed by atoms with Crippen molar-refractivity contribution >= 4 is 40.4 Å². The Morgan fingerprint density at radius 2 is 2.25 bits per heavy atom. The average Bonchev–Trinajstić information content (AvgIpc) is 2.32.